The number of nitriles is 1. The van der Waals surface area contributed by atoms with E-state index in [9.17, 15) is 9.59 Å². The Hall–Kier alpha value is -3.14. The van der Waals surface area contributed by atoms with E-state index in [0.717, 1.165) is 17.1 Å². The fourth-order valence-corrected chi connectivity index (χ4v) is 1.43. The molecule has 0 saturated heterocycles. The first-order chi connectivity index (χ1) is 9.11. The summed E-state index contributed by atoms with van der Waals surface area (Å²) in [6.45, 7) is 0. The van der Waals surface area contributed by atoms with E-state index in [1.165, 1.54) is 0 Å². The minimum atomic E-state index is -1.24. The van der Waals surface area contributed by atoms with Gasteiger partial charge in [0.25, 0.3) is 0 Å². The topological polar surface area (TPSA) is 108 Å². The SMILES string of the molecule is N#Cc1ccc(NC(=O)n2cncc2C(=O)O)cc1. The van der Waals surface area contributed by atoms with E-state index in [2.05, 4.69) is 10.3 Å². The number of aromatic carboxylic acids is 1. The lowest BCUT2D eigenvalue weighted by Crippen LogP contribution is -2.22. The third-order valence-corrected chi connectivity index (χ3v) is 2.34. The van der Waals surface area contributed by atoms with Gasteiger partial charge in [0, 0.05) is 5.69 Å². The summed E-state index contributed by atoms with van der Waals surface area (Å²) in [5.74, 6) is -1.24. The van der Waals surface area contributed by atoms with Crippen molar-refractivity contribution in [3.05, 3.63) is 48.0 Å². The first-order valence-electron chi connectivity index (χ1n) is 5.19. The number of carbonyl (C=O) groups excluding carboxylic acids is 1. The predicted molar refractivity (Wildman–Crippen MR) is 64.8 cm³/mol. The smallest absolute Gasteiger partial charge is 0.354 e. The van der Waals surface area contributed by atoms with Gasteiger partial charge < -0.3 is 10.4 Å². The maximum Gasteiger partial charge on any atom is 0.354 e. The number of aromatic nitrogens is 2. The van der Waals surface area contributed by atoms with Crippen LogP contribution in [0.3, 0.4) is 0 Å². The van der Waals surface area contributed by atoms with Crippen LogP contribution in [-0.4, -0.2) is 26.7 Å². The van der Waals surface area contributed by atoms with Crippen molar-refractivity contribution in [3.63, 3.8) is 0 Å². The molecule has 0 atom stereocenters. The number of carboxylic acid groups (broad SMARTS) is 1. The van der Waals surface area contributed by atoms with E-state index >= 15 is 0 Å². The zero-order valence-corrected chi connectivity index (χ0v) is 9.57. The van der Waals surface area contributed by atoms with Crippen LogP contribution in [0, 0.1) is 11.3 Å². The molecule has 0 fully saturated rings. The minimum Gasteiger partial charge on any atom is -0.477 e. The van der Waals surface area contributed by atoms with Crippen molar-refractivity contribution in [2.24, 2.45) is 0 Å². The summed E-state index contributed by atoms with van der Waals surface area (Å²) in [4.78, 5) is 26.3. The molecule has 0 unspecified atom stereocenters. The van der Waals surface area contributed by atoms with Crippen molar-refractivity contribution in [2.45, 2.75) is 0 Å². The summed E-state index contributed by atoms with van der Waals surface area (Å²) < 4.78 is 0.889. The van der Waals surface area contributed by atoms with Crippen LogP contribution in [0.2, 0.25) is 0 Å². The van der Waals surface area contributed by atoms with Crippen LogP contribution in [0.5, 0.6) is 0 Å². The highest BCUT2D eigenvalue weighted by Gasteiger charge is 2.15. The predicted octanol–water partition coefficient (Wildman–Crippen LogP) is 1.53. The van der Waals surface area contributed by atoms with E-state index < -0.39 is 12.0 Å². The van der Waals surface area contributed by atoms with Gasteiger partial charge in [-0.15, -0.1) is 0 Å². The van der Waals surface area contributed by atoms with Crippen LogP contribution >= 0.6 is 0 Å². The van der Waals surface area contributed by atoms with Gasteiger partial charge in [-0.3, -0.25) is 0 Å². The molecule has 0 aliphatic rings. The Bertz CT molecular complexity index is 667. The highest BCUT2D eigenvalue weighted by molar-refractivity contribution is 5.97. The largest absolute Gasteiger partial charge is 0.477 e. The van der Waals surface area contributed by atoms with Crippen LogP contribution in [0.15, 0.2) is 36.8 Å². The summed E-state index contributed by atoms with van der Waals surface area (Å²) in [7, 11) is 0. The molecule has 0 radical (unpaired) electrons. The second-order valence-electron chi connectivity index (χ2n) is 3.57. The minimum absolute atomic E-state index is 0.230. The van der Waals surface area contributed by atoms with Gasteiger partial charge in [0.1, 0.15) is 6.33 Å². The quantitative estimate of drug-likeness (QED) is 0.847. The molecule has 94 valence electrons. The molecule has 1 amide bonds. The van der Waals surface area contributed by atoms with Crippen molar-refractivity contribution in [1.82, 2.24) is 9.55 Å². The number of amides is 1. The molecule has 2 N–H and O–H groups in total. The number of hydrogen-bond acceptors (Lipinski definition) is 4. The highest BCUT2D eigenvalue weighted by Crippen LogP contribution is 2.10. The second-order valence-corrected chi connectivity index (χ2v) is 3.57. The lowest BCUT2D eigenvalue weighted by atomic mass is 10.2. The first kappa shape index (κ1) is 12.3. The summed E-state index contributed by atoms with van der Waals surface area (Å²) in [6.07, 6.45) is 2.20. The Kier molecular flexibility index (Phi) is 3.25. The van der Waals surface area contributed by atoms with Crippen molar-refractivity contribution in [3.8, 4) is 6.07 Å². The maximum atomic E-state index is 11.8. The van der Waals surface area contributed by atoms with E-state index in [0.29, 0.717) is 11.3 Å². The number of nitrogens with zero attached hydrogens (tertiary/aromatic N) is 3. The number of imidazole rings is 1. The Morgan fingerprint density at radius 1 is 1.32 bits per heavy atom. The standard InChI is InChI=1S/C12H8N4O3/c13-5-8-1-3-9(4-2-8)15-12(19)16-7-14-6-10(16)11(17)18/h1-4,6-7H,(H,15,19)(H,17,18). The zero-order chi connectivity index (χ0) is 13.8. The summed E-state index contributed by atoms with van der Waals surface area (Å²) >= 11 is 0. The fourth-order valence-electron chi connectivity index (χ4n) is 1.43. The van der Waals surface area contributed by atoms with Crippen molar-refractivity contribution in [1.29, 1.82) is 5.26 Å². The van der Waals surface area contributed by atoms with E-state index in [1.807, 2.05) is 6.07 Å². The van der Waals surface area contributed by atoms with Gasteiger partial charge in [-0.1, -0.05) is 0 Å². The number of rotatable bonds is 2. The number of benzene rings is 1. The molecule has 1 heterocycles. The summed E-state index contributed by atoms with van der Waals surface area (Å²) in [6, 6.07) is 7.50. The highest BCUT2D eigenvalue weighted by atomic mass is 16.4. The normalized spacial score (nSPS) is 9.63. The van der Waals surface area contributed by atoms with Crippen molar-refractivity contribution in [2.75, 3.05) is 5.32 Å². The van der Waals surface area contributed by atoms with Gasteiger partial charge in [-0.25, -0.2) is 19.1 Å². The Labute approximate surface area is 107 Å². The molecule has 1 aromatic carbocycles. The average Bonchev–Trinajstić information content (AvgIpc) is 2.89. The molecule has 7 heteroatoms. The summed E-state index contributed by atoms with van der Waals surface area (Å²) in [5.41, 5.74) is 0.687. The van der Waals surface area contributed by atoms with E-state index in [1.54, 1.807) is 24.3 Å². The Balaban J connectivity index is 2.19. The molecular weight excluding hydrogens is 248 g/mol. The van der Waals surface area contributed by atoms with Crippen LogP contribution in [0.1, 0.15) is 16.1 Å². The molecule has 19 heavy (non-hydrogen) atoms. The molecule has 0 aliphatic carbocycles. The van der Waals surface area contributed by atoms with Crippen LogP contribution in [0.4, 0.5) is 10.5 Å². The van der Waals surface area contributed by atoms with Crippen LogP contribution in [0.25, 0.3) is 0 Å². The van der Waals surface area contributed by atoms with Gasteiger partial charge >= 0.3 is 12.0 Å². The third-order valence-electron chi connectivity index (χ3n) is 2.34. The Morgan fingerprint density at radius 3 is 2.58 bits per heavy atom. The number of anilines is 1. The molecule has 0 saturated carbocycles. The Morgan fingerprint density at radius 2 is 2.00 bits per heavy atom. The van der Waals surface area contributed by atoms with Gasteiger partial charge in [0.2, 0.25) is 0 Å². The molecule has 1 aromatic heterocycles. The molecule has 2 aromatic rings. The van der Waals surface area contributed by atoms with Crippen molar-refractivity contribution < 1.29 is 14.7 Å². The molecule has 2 rings (SSSR count). The summed E-state index contributed by atoms with van der Waals surface area (Å²) in [5, 5.41) is 20.0. The van der Waals surface area contributed by atoms with Crippen LogP contribution < -0.4 is 5.32 Å². The zero-order valence-electron chi connectivity index (χ0n) is 9.57. The molecule has 0 bridgehead atoms. The second kappa shape index (κ2) is 5.01. The number of nitrogens with one attached hydrogen (secondary N) is 1. The monoisotopic (exact) mass is 256 g/mol. The van der Waals surface area contributed by atoms with E-state index in [4.69, 9.17) is 10.4 Å². The lowest BCUT2D eigenvalue weighted by Gasteiger charge is -2.06. The fraction of sp³-hybridized carbons (Fsp3) is 0. The average molecular weight is 256 g/mol. The third kappa shape index (κ3) is 2.58. The van der Waals surface area contributed by atoms with Gasteiger partial charge in [-0.05, 0) is 24.3 Å². The molecular formula is C12H8N4O3. The first-order valence-corrected chi connectivity index (χ1v) is 5.19. The maximum absolute atomic E-state index is 11.8. The molecule has 7 nitrogen and oxygen atoms in total. The number of hydrogen-bond donors (Lipinski definition) is 2. The van der Waals surface area contributed by atoms with Gasteiger partial charge in [0.15, 0.2) is 5.69 Å². The van der Waals surface area contributed by atoms with Crippen molar-refractivity contribution >= 4 is 17.7 Å². The molecule has 0 aliphatic heterocycles. The molecule has 0 spiro atoms. The number of carboxylic acids is 1. The number of carbonyl (C=O) groups is 2. The lowest BCUT2D eigenvalue weighted by molar-refractivity contribution is 0.0687. The van der Waals surface area contributed by atoms with Gasteiger partial charge in [0.05, 0.1) is 17.8 Å². The van der Waals surface area contributed by atoms with E-state index in [-0.39, 0.29) is 5.69 Å². The van der Waals surface area contributed by atoms with Gasteiger partial charge in [-0.2, -0.15) is 5.26 Å². The van der Waals surface area contributed by atoms with Crippen LogP contribution in [-0.2, 0) is 0 Å².